The number of aryl methyl sites for hydroxylation is 1. The van der Waals surface area contributed by atoms with Gasteiger partial charge in [0, 0.05) is 22.8 Å². The van der Waals surface area contributed by atoms with Crippen LogP contribution in [-0.4, -0.2) is 31.5 Å². The number of amides is 1. The van der Waals surface area contributed by atoms with Gasteiger partial charge < -0.3 is 16.0 Å². The zero-order chi connectivity index (χ0) is 18.6. The van der Waals surface area contributed by atoms with Gasteiger partial charge in [0.05, 0.1) is 6.54 Å². The van der Waals surface area contributed by atoms with Crippen LogP contribution in [0.4, 0.5) is 0 Å². The number of nitrogens with one attached hydrogen (secondary N) is 3. The predicted molar refractivity (Wildman–Crippen MR) is 125 cm³/mol. The molecule has 2 aromatic rings. The molecule has 0 aliphatic rings. The van der Waals surface area contributed by atoms with Crippen LogP contribution < -0.4 is 16.0 Å². The van der Waals surface area contributed by atoms with Gasteiger partial charge in [-0.3, -0.25) is 4.79 Å². The third-order valence-corrected chi connectivity index (χ3v) is 5.03. The summed E-state index contributed by atoms with van der Waals surface area (Å²) in [5.41, 5.74) is 1.22. The van der Waals surface area contributed by atoms with Crippen LogP contribution in [0.15, 0.2) is 47.5 Å². The molecule has 1 amide bonds. The zero-order valence-electron chi connectivity index (χ0n) is 16.0. The molecule has 0 unspecified atom stereocenters. The van der Waals surface area contributed by atoms with Crippen molar-refractivity contribution in [1.29, 1.82) is 0 Å². The molecule has 0 atom stereocenters. The molecular formula is C20H29IN4OS. The highest BCUT2D eigenvalue weighted by atomic mass is 127. The van der Waals surface area contributed by atoms with E-state index in [-0.39, 0.29) is 36.4 Å². The van der Waals surface area contributed by atoms with Gasteiger partial charge in [0.15, 0.2) is 5.96 Å². The number of thiophene rings is 1. The molecule has 0 fully saturated rings. The lowest BCUT2D eigenvalue weighted by atomic mass is 10.1. The summed E-state index contributed by atoms with van der Waals surface area (Å²) in [7, 11) is 0. The molecule has 1 heterocycles. The van der Waals surface area contributed by atoms with E-state index in [1.54, 1.807) is 11.3 Å². The van der Waals surface area contributed by atoms with Gasteiger partial charge in [0.25, 0.3) is 0 Å². The fraction of sp³-hybridized carbons (Fsp3) is 0.400. The van der Waals surface area contributed by atoms with E-state index in [1.165, 1.54) is 15.3 Å². The molecule has 2 rings (SSSR count). The largest absolute Gasteiger partial charge is 0.357 e. The zero-order valence-corrected chi connectivity index (χ0v) is 19.1. The normalized spacial score (nSPS) is 10.8. The highest BCUT2D eigenvalue weighted by Gasteiger charge is 2.04. The minimum atomic E-state index is -0.0671. The number of hydrogen-bond acceptors (Lipinski definition) is 3. The lowest BCUT2D eigenvalue weighted by Gasteiger charge is -2.10. The number of aliphatic imine (C=N–C) groups is 1. The third kappa shape index (κ3) is 9.23. The minimum absolute atomic E-state index is 0. The molecule has 1 aromatic heterocycles. The summed E-state index contributed by atoms with van der Waals surface area (Å²) < 4.78 is 0. The average molecular weight is 500 g/mol. The maximum Gasteiger partial charge on any atom is 0.241 e. The van der Waals surface area contributed by atoms with E-state index in [0.717, 1.165) is 19.4 Å². The van der Waals surface area contributed by atoms with Crippen LogP contribution in [0.25, 0.3) is 0 Å². The highest BCUT2D eigenvalue weighted by molar-refractivity contribution is 14.0. The van der Waals surface area contributed by atoms with Gasteiger partial charge in [-0.2, -0.15) is 0 Å². The van der Waals surface area contributed by atoms with E-state index in [2.05, 4.69) is 52.1 Å². The SMILES string of the molecule is CCNC(=NCC(=O)NCCc1ccccc1)NCc1ccc(CC)s1.I. The second-order valence-electron chi connectivity index (χ2n) is 5.86. The number of carbonyl (C=O) groups excluding carboxylic acids is 1. The molecule has 0 aliphatic heterocycles. The Morgan fingerprint density at radius 1 is 1.00 bits per heavy atom. The van der Waals surface area contributed by atoms with Gasteiger partial charge in [-0.15, -0.1) is 35.3 Å². The summed E-state index contributed by atoms with van der Waals surface area (Å²) in [4.78, 5) is 19.0. The average Bonchev–Trinajstić information content (AvgIpc) is 3.13. The molecule has 0 spiro atoms. The number of halogens is 1. The Kier molecular flexibility index (Phi) is 11.8. The molecule has 0 radical (unpaired) electrons. The Bertz CT molecular complexity index is 703. The van der Waals surface area contributed by atoms with Crippen molar-refractivity contribution in [3.05, 3.63) is 57.8 Å². The first-order valence-corrected chi connectivity index (χ1v) is 9.93. The van der Waals surface area contributed by atoms with Crippen molar-refractivity contribution in [3.63, 3.8) is 0 Å². The quantitative estimate of drug-likeness (QED) is 0.281. The van der Waals surface area contributed by atoms with E-state index in [9.17, 15) is 4.79 Å². The first-order chi connectivity index (χ1) is 12.7. The second kappa shape index (κ2) is 13.5. The van der Waals surface area contributed by atoms with Gasteiger partial charge in [0.1, 0.15) is 6.54 Å². The van der Waals surface area contributed by atoms with Crippen molar-refractivity contribution in [2.24, 2.45) is 4.99 Å². The molecule has 0 saturated carbocycles. The monoisotopic (exact) mass is 500 g/mol. The summed E-state index contributed by atoms with van der Waals surface area (Å²) in [5.74, 6) is 0.597. The number of hydrogen-bond donors (Lipinski definition) is 3. The minimum Gasteiger partial charge on any atom is -0.357 e. The molecular weight excluding hydrogens is 471 g/mol. The molecule has 0 aliphatic carbocycles. The van der Waals surface area contributed by atoms with Crippen molar-refractivity contribution in [3.8, 4) is 0 Å². The summed E-state index contributed by atoms with van der Waals surface area (Å²) in [6.07, 6.45) is 1.88. The Hall–Kier alpha value is -1.61. The first-order valence-electron chi connectivity index (χ1n) is 9.11. The van der Waals surface area contributed by atoms with Crippen molar-refractivity contribution in [2.75, 3.05) is 19.6 Å². The van der Waals surface area contributed by atoms with Crippen LogP contribution >= 0.6 is 35.3 Å². The van der Waals surface area contributed by atoms with Crippen LogP contribution in [0.1, 0.15) is 29.2 Å². The molecule has 1 aromatic carbocycles. The molecule has 27 heavy (non-hydrogen) atoms. The van der Waals surface area contributed by atoms with Gasteiger partial charge in [-0.05, 0) is 37.5 Å². The van der Waals surface area contributed by atoms with Gasteiger partial charge in [0.2, 0.25) is 5.91 Å². The molecule has 3 N–H and O–H groups in total. The Morgan fingerprint density at radius 3 is 2.41 bits per heavy atom. The standard InChI is InChI=1S/C20H28N4OS.HI/c1-3-17-10-11-18(26-17)14-23-20(21-4-2)24-15-19(25)22-13-12-16-8-6-5-7-9-16;/h5-11H,3-4,12-15H2,1-2H3,(H,22,25)(H2,21,23,24);1H. The van der Waals surface area contributed by atoms with Crippen LogP contribution in [0, 0.1) is 0 Å². The molecule has 7 heteroatoms. The van der Waals surface area contributed by atoms with E-state index < -0.39 is 0 Å². The van der Waals surface area contributed by atoms with Gasteiger partial charge >= 0.3 is 0 Å². The third-order valence-electron chi connectivity index (χ3n) is 3.80. The van der Waals surface area contributed by atoms with E-state index in [0.29, 0.717) is 19.0 Å². The summed E-state index contributed by atoms with van der Waals surface area (Å²) >= 11 is 1.80. The summed E-state index contributed by atoms with van der Waals surface area (Å²) in [6.45, 7) is 6.38. The van der Waals surface area contributed by atoms with Crippen molar-refractivity contribution < 1.29 is 4.79 Å². The van der Waals surface area contributed by atoms with Crippen molar-refractivity contribution in [2.45, 2.75) is 33.2 Å². The van der Waals surface area contributed by atoms with Crippen molar-refractivity contribution >= 4 is 47.2 Å². The Labute approximate surface area is 183 Å². The molecule has 0 saturated heterocycles. The lowest BCUT2D eigenvalue weighted by Crippen LogP contribution is -2.38. The number of carbonyl (C=O) groups is 1. The maximum absolute atomic E-state index is 12.0. The fourth-order valence-corrected chi connectivity index (χ4v) is 3.32. The predicted octanol–water partition coefficient (Wildman–Crippen LogP) is 3.34. The number of rotatable bonds is 9. The highest BCUT2D eigenvalue weighted by Crippen LogP contribution is 2.16. The second-order valence-corrected chi connectivity index (χ2v) is 7.11. The van der Waals surface area contributed by atoms with Crippen molar-refractivity contribution in [1.82, 2.24) is 16.0 Å². The molecule has 5 nitrogen and oxygen atoms in total. The number of guanidine groups is 1. The maximum atomic E-state index is 12.0. The van der Waals surface area contributed by atoms with Gasteiger partial charge in [-0.1, -0.05) is 37.3 Å². The molecule has 148 valence electrons. The van der Waals surface area contributed by atoms with E-state index in [1.807, 2.05) is 25.1 Å². The summed E-state index contributed by atoms with van der Waals surface area (Å²) in [5, 5.41) is 9.37. The van der Waals surface area contributed by atoms with Gasteiger partial charge in [-0.25, -0.2) is 4.99 Å². The fourth-order valence-electron chi connectivity index (χ4n) is 2.42. The van der Waals surface area contributed by atoms with E-state index >= 15 is 0 Å². The number of benzene rings is 1. The van der Waals surface area contributed by atoms with Crippen LogP contribution in [0.3, 0.4) is 0 Å². The topological polar surface area (TPSA) is 65.5 Å². The number of nitrogens with zero attached hydrogens (tertiary/aromatic N) is 1. The lowest BCUT2D eigenvalue weighted by molar-refractivity contribution is -0.119. The first kappa shape index (κ1) is 23.4. The Morgan fingerprint density at radius 2 is 1.74 bits per heavy atom. The van der Waals surface area contributed by atoms with Crippen LogP contribution in [0.2, 0.25) is 0 Å². The van der Waals surface area contributed by atoms with Crippen LogP contribution in [-0.2, 0) is 24.2 Å². The van der Waals surface area contributed by atoms with Crippen LogP contribution in [0.5, 0.6) is 0 Å². The van der Waals surface area contributed by atoms with E-state index in [4.69, 9.17) is 0 Å². The molecule has 0 bridgehead atoms. The smallest absolute Gasteiger partial charge is 0.241 e. The summed E-state index contributed by atoms with van der Waals surface area (Å²) in [6, 6.07) is 14.4. The Balaban J connectivity index is 0.00000364.